The van der Waals surface area contributed by atoms with E-state index >= 15 is 0 Å². The van der Waals surface area contributed by atoms with Crippen molar-refractivity contribution in [3.63, 3.8) is 0 Å². The summed E-state index contributed by atoms with van der Waals surface area (Å²) < 4.78 is 25.7. The number of benzene rings is 2. The topological polar surface area (TPSA) is 95.7 Å². The van der Waals surface area contributed by atoms with Gasteiger partial charge in [-0.25, -0.2) is 13.4 Å². The fraction of sp³-hybridized carbons (Fsp3) is 0.105. The van der Waals surface area contributed by atoms with Gasteiger partial charge in [-0.2, -0.15) is 5.26 Å². The molecular weight excluding hydrogens is 380 g/mol. The van der Waals surface area contributed by atoms with Crippen LogP contribution in [0.15, 0.2) is 46.9 Å². The smallest absolute Gasteiger partial charge is 0.179 e. The minimum Gasteiger partial charge on any atom is -0.354 e. The summed E-state index contributed by atoms with van der Waals surface area (Å²) in [6, 6.07) is 11.3. The maximum absolute atomic E-state index is 12.3. The summed E-state index contributed by atoms with van der Waals surface area (Å²) >= 11 is 1.54. The summed E-state index contributed by atoms with van der Waals surface area (Å²) in [6.45, 7) is 0. The highest BCUT2D eigenvalue weighted by Crippen LogP contribution is 2.38. The molecule has 8 heteroatoms. The van der Waals surface area contributed by atoms with Crippen LogP contribution in [0.4, 0.5) is 11.4 Å². The summed E-state index contributed by atoms with van der Waals surface area (Å²) in [7, 11) is -3.27. The number of fused-ring (bicyclic) bond motifs is 4. The highest BCUT2D eigenvalue weighted by atomic mass is 32.2. The van der Waals surface area contributed by atoms with Crippen molar-refractivity contribution in [1.29, 1.82) is 5.26 Å². The zero-order valence-electron chi connectivity index (χ0n) is 13.9. The minimum atomic E-state index is -3.27. The van der Waals surface area contributed by atoms with Crippen LogP contribution in [0.1, 0.15) is 11.1 Å². The third-order valence-corrected chi connectivity index (χ3v) is 7.36. The van der Waals surface area contributed by atoms with Crippen LogP contribution < -0.4 is 5.32 Å². The van der Waals surface area contributed by atoms with Crippen LogP contribution in [-0.4, -0.2) is 24.1 Å². The van der Waals surface area contributed by atoms with E-state index in [0.717, 1.165) is 21.5 Å². The Morgan fingerprint density at radius 3 is 2.85 bits per heavy atom. The molecule has 3 heterocycles. The summed E-state index contributed by atoms with van der Waals surface area (Å²) in [6.07, 6.45) is 1.94. The van der Waals surface area contributed by atoms with E-state index in [9.17, 15) is 13.7 Å². The second kappa shape index (κ2) is 5.74. The number of aryl methyl sites for hydroxylation is 1. The van der Waals surface area contributed by atoms with Gasteiger partial charge in [0.15, 0.2) is 9.84 Å². The Morgan fingerprint density at radius 2 is 2.00 bits per heavy atom. The first-order chi connectivity index (χ1) is 13.1. The van der Waals surface area contributed by atoms with Crippen LogP contribution in [-0.2, 0) is 16.3 Å². The number of nitriles is 1. The normalized spacial score (nSPS) is 14.9. The van der Waals surface area contributed by atoms with Crippen molar-refractivity contribution in [3.8, 4) is 6.07 Å². The van der Waals surface area contributed by atoms with Gasteiger partial charge in [0, 0.05) is 17.3 Å². The molecule has 0 atom stereocenters. The molecule has 6 nitrogen and oxygen atoms in total. The van der Waals surface area contributed by atoms with Gasteiger partial charge >= 0.3 is 0 Å². The van der Waals surface area contributed by atoms with E-state index in [1.54, 1.807) is 17.6 Å². The molecule has 1 aliphatic heterocycles. The lowest BCUT2D eigenvalue weighted by Crippen LogP contribution is -2.00. The lowest BCUT2D eigenvalue weighted by molar-refractivity contribution is 0.600. The Bertz CT molecular complexity index is 1380. The van der Waals surface area contributed by atoms with Crippen molar-refractivity contribution >= 4 is 53.7 Å². The summed E-state index contributed by atoms with van der Waals surface area (Å²) in [5, 5.41) is 13.6. The molecule has 1 aliphatic rings. The van der Waals surface area contributed by atoms with Crippen LogP contribution in [0.5, 0.6) is 0 Å². The van der Waals surface area contributed by atoms with E-state index in [1.165, 1.54) is 17.5 Å². The second-order valence-corrected chi connectivity index (χ2v) is 9.29. The van der Waals surface area contributed by atoms with Crippen molar-refractivity contribution in [2.75, 3.05) is 11.1 Å². The van der Waals surface area contributed by atoms with E-state index in [-0.39, 0.29) is 5.75 Å². The molecule has 0 amide bonds. The molecule has 0 radical (unpaired) electrons. The number of aromatic nitrogens is 2. The van der Waals surface area contributed by atoms with Gasteiger partial charge in [-0.05, 0) is 42.3 Å². The predicted molar refractivity (Wildman–Crippen MR) is 105 cm³/mol. The molecule has 4 aromatic rings. The Balaban J connectivity index is 1.77. The number of pyridine rings is 1. The molecule has 0 saturated heterocycles. The number of nitrogens with zero attached hydrogens (tertiary/aromatic N) is 3. The van der Waals surface area contributed by atoms with Crippen molar-refractivity contribution < 1.29 is 8.42 Å². The molecule has 132 valence electrons. The summed E-state index contributed by atoms with van der Waals surface area (Å²) in [4.78, 5) is 8.97. The van der Waals surface area contributed by atoms with Crippen molar-refractivity contribution in [2.45, 2.75) is 11.3 Å². The van der Waals surface area contributed by atoms with Gasteiger partial charge in [-0.15, -0.1) is 11.3 Å². The Kier molecular flexibility index (Phi) is 3.44. The molecule has 0 fully saturated rings. The fourth-order valence-electron chi connectivity index (χ4n) is 3.51. The van der Waals surface area contributed by atoms with E-state index in [2.05, 4.69) is 21.4 Å². The number of thiazole rings is 1. The van der Waals surface area contributed by atoms with Crippen molar-refractivity contribution in [3.05, 3.63) is 53.2 Å². The van der Waals surface area contributed by atoms with Crippen molar-refractivity contribution in [1.82, 2.24) is 9.97 Å². The second-order valence-electron chi connectivity index (χ2n) is 6.32. The van der Waals surface area contributed by atoms with Gasteiger partial charge in [0.1, 0.15) is 6.07 Å². The third-order valence-electron chi connectivity index (χ3n) is 4.78. The number of hydrogen-bond acceptors (Lipinski definition) is 7. The van der Waals surface area contributed by atoms with Gasteiger partial charge in [0.05, 0.1) is 43.1 Å². The maximum atomic E-state index is 12.3. The van der Waals surface area contributed by atoms with E-state index in [0.29, 0.717) is 33.5 Å². The molecule has 27 heavy (non-hydrogen) atoms. The van der Waals surface area contributed by atoms with E-state index in [1.807, 2.05) is 18.2 Å². The van der Waals surface area contributed by atoms with Gasteiger partial charge in [-0.3, -0.25) is 4.98 Å². The Labute approximate surface area is 159 Å². The molecule has 2 aromatic heterocycles. The molecule has 0 bridgehead atoms. The standard InChI is InChI=1S/C19H12N4O2S2/c20-8-11-9-21-15-3-4-17-13(5-6-27(17,24)25)18(15)19(11)23-12-1-2-14-16(7-12)26-10-22-14/h1-4,7,9-10H,5-6H2,(H,21,23). The lowest BCUT2D eigenvalue weighted by Gasteiger charge is -2.14. The number of nitrogens with one attached hydrogen (secondary N) is 1. The minimum absolute atomic E-state index is 0.0878. The monoisotopic (exact) mass is 392 g/mol. The zero-order valence-corrected chi connectivity index (χ0v) is 15.6. The molecule has 1 N–H and O–H groups in total. The Hall–Kier alpha value is -3.02. The molecule has 5 rings (SSSR count). The quantitative estimate of drug-likeness (QED) is 0.558. The van der Waals surface area contributed by atoms with Crippen LogP contribution >= 0.6 is 11.3 Å². The SMILES string of the molecule is N#Cc1cnc2ccc3c(c2c1Nc1ccc2ncsc2c1)CCS3(=O)=O. The Morgan fingerprint density at radius 1 is 1.15 bits per heavy atom. The number of hydrogen-bond donors (Lipinski definition) is 1. The van der Waals surface area contributed by atoms with Gasteiger partial charge < -0.3 is 5.32 Å². The fourth-order valence-corrected chi connectivity index (χ4v) is 5.78. The van der Waals surface area contributed by atoms with Crippen molar-refractivity contribution in [2.24, 2.45) is 0 Å². The molecule has 0 aliphatic carbocycles. The average molecular weight is 392 g/mol. The highest BCUT2D eigenvalue weighted by Gasteiger charge is 2.29. The maximum Gasteiger partial charge on any atom is 0.179 e. The van der Waals surface area contributed by atoms with Crippen LogP contribution in [0.2, 0.25) is 0 Å². The molecule has 0 spiro atoms. The van der Waals surface area contributed by atoms with Crippen LogP contribution in [0, 0.1) is 11.3 Å². The number of anilines is 2. The first kappa shape index (κ1) is 16.2. The highest BCUT2D eigenvalue weighted by molar-refractivity contribution is 7.91. The lowest BCUT2D eigenvalue weighted by atomic mass is 10.0. The number of sulfone groups is 1. The third kappa shape index (κ3) is 2.47. The first-order valence-corrected chi connectivity index (χ1v) is 10.8. The first-order valence-electron chi connectivity index (χ1n) is 8.24. The summed E-state index contributed by atoms with van der Waals surface area (Å²) in [5.41, 5.74) is 5.90. The largest absolute Gasteiger partial charge is 0.354 e. The van der Waals surface area contributed by atoms with Gasteiger partial charge in [-0.1, -0.05) is 0 Å². The van der Waals surface area contributed by atoms with Gasteiger partial charge in [0.2, 0.25) is 0 Å². The molecule has 0 saturated carbocycles. The van der Waals surface area contributed by atoms with Gasteiger partial charge in [0.25, 0.3) is 0 Å². The molecular formula is C19H12N4O2S2. The van der Waals surface area contributed by atoms with Crippen LogP contribution in [0.3, 0.4) is 0 Å². The number of rotatable bonds is 2. The molecule has 2 aromatic carbocycles. The molecule has 0 unspecified atom stereocenters. The predicted octanol–water partition coefficient (Wildman–Crippen LogP) is 3.79. The van der Waals surface area contributed by atoms with E-state index < -0.39 is 9.84 Å². The summed E-state index contributed by atoms with van der Waals surface area (Å²) in [5.74, 6) is 0.0878. The van der Waals surface area contributed by atoms with E-state index in [4.69, 9.17) is 0 Å². The zero-order chi connectivity index (χ0) is 18.6. The van der Waals surface area contributed by atoms with Crippen LogP contribution in [0.25, 0.3) is 21.1 Å². The average Bonchev–Trinajstić information content (AvgIpc) is 3.25.